The van der Waals surface area contributed by atoms with E-state index in [0.29, 0.717) is 19.4 Å². The first-order valence-corrected chi connectivity index (χ1v) is 4.02. The lowest BCUT2D eigenvalue weighted by Gasteiger charge is -1.99. The summed E-state index contributed by atoms with van der Waals surface area (Å²) in [6.07, 6.45) is 2.49. The van der Waals surface area contributed by atoms with Crippen molar-refractivity contribution in [3.05, 3.63) is 0 Å². The number of carbonyl (C=O) groups excluding carboxylic acids is 1. The van der Waals surface area contributed by atoms with Crippen LogP contribution in [0.1, 0.15) is 32.6 Å². The van der Waals surface area contributed by atoms with Gasteiger partial charge >= 0.3 is 5.97 Å². The summed E-state index contributed by atoms with van der Waals surface area (Å²) in [6.45, 7) is 1.92. The highest BCUT2D eigenvalue weighted by atomic mass is 19.1. The fraction of sp³-hybridized carbons (Fsp3) is 0.875. The molecule has 0 aliphatic heterocycles. The number of ether oxygens (including phenoxy) is 1. The summed E-state index contributed by atoms with van der Waals surface area (Å²) in [7, 11) is 0. The number of esters is 1. The van der Waals surface area contributed by atoms with Gasteiger partial charge in [0.1, 0.15) is 0 Å². The lowest BCUT2D eigenvalue weighted by Crippen LogP contribution is -2.03. The van der Waals surface area contributed by atoms with Gasteiger partial charge in [0, 0.05) is 6.42 Å². The van der Waals surface area contributed by atoms with Crippen LogP contribution in [0.3, 0.4) is 0 Å². The van der Waals surface area contributed by atoms with Crippen LogP contribution in [0.4, 0.5) is 4.39 Å². The van der Waals surface area contributed by atoms with E-state index >= 15 is 0 Å². The van der Waals surface area contributed by atoms with E-state index in [9.17, 15) is 9.18 Å². The van der Waals surface area contributed by atoms with E-state index in [-0.39, 0.29) is 12.6 Å². The molecular weight excluding hydrogens is 147 g/mol. The average molecular weight is 162 g/mol. The predicted molar refractivity (Wildman–Crippen MR) is 41.1 cm³/mol. The van der Waals surface area contributed by atoms with E-state index in [1.807, 2.05) is 0 Å². The molecule has 3 heteroatoms. The van der Waals surface area contributed by atoms with Gasteiger partial charge in [-0.3, -0.25) is 9.18 Å². The van der Waals surface area contributed by atoms with Crippen molar-refractivity contribution in [2.75, 3.05) is 13.3 Å². The molecule has 0 spiro atoms. The molecule has 0 fully saturated rings. The Bertz CT molecular complexity index is 104. The van der Waals surface area contributed by atoms with Crippen LogP contribution in [0.2, 0.25) is 0 Å². The molecule has 0 atom stereocenters. The van der Waals surface area contributed by atoms with Crippen molar-refractivity contribution in [2.24, 2.45) is 0 Å². The Morgan fingerprint density at radius 2 is 2.09 bits per heavy atom. The highest BCUT2D eigenvalue weighted by Gasteiger charge is 1.99. The normalized spacial score (nSPS) is 9.64. The quantitative estimate of drug-likeness (QED) is 0.441. The van der Waals surface area contributed by atoms with Crippen LogP contribution in [0.5, 0.6) is 0 Å². The van der Waals surface area contributed by atoms with Crippen molar-refractivity contribution >= 4 is 5.97 Å². The van der Waals surface area contributed by atoms with Gasteiger partial charge in [-0.15, -0.1) is 0 Å². The zero-order valence-corrected chi connectivity index (χ0v) is 6.94. The molecule has 0 heterocycles. The van der Waals surface area contributed by atoms with Crippen LogP contribution in [-0.2, 0) is 9.53 Å². The van der Waals surface area contributed by atoms with Crippen molar-refractivity contribution in [3.63, 3.8) is 0 Å². The second kappa shape index (κ2) is 7.51. The molecule has 0 aliphatic carbocycles. The molecule has 2 nitrogen and oxygen atoms in total. The van der Waals surface area contributed by atoms with E-state index in [2.05, 4.69) is 4.74 Å². The summed E-state index contributed by atoms with van der Waals surface area (Å²) >= 11 is 0. The molecule has 0 unspecified atom stereocenters. The zero-order chi connectivity index (χ0) is 8.53. The lowest BCUT2D eigenvalue weighted by molar-refractivity contribution is -0.143. The van der Waals surface area contributed by atoms with Crippen LogP contribution >= 0.6 is 0 Å². The molecule has 66 valence electrons. The minimum Gasteiger partial charge on any atom is -0.466 e. The second-order valence-corrected chi connectivity index (χ2v) is 2.30. The summed E-state index contributed by atoms with van der Waals surface area (Å²) in [6, 6.07) is 0. The number of alkyl halides is 1. The number of rotatable bonds is 6. The van der Waals surface area contributed by atoms with Gasteiger partial charge in [0.15, 0.2) is 0 Å². The average Bonchev–Trinajstić information content (AvgIpc) is 1.99. The maximum atomic E-state index is 11.5. The number of carbonyl (C=O) groups is 1. The predicted octanol–water partition coefficient (Wildman–Crippen LogP) is 2.08. The van der Waals surface area contributed by atoms with Gasteiger partial charge in [-0.1, -0.05) is 6.42 Å². The summed E-state index contributed by atoms with van der Waals surface area (Å²) in [5.41, 5.74) is 0. The number of hydrogen-bond acceptors (Lipinski definition) is 2. The molecule has 0 amide bonds. The van der Waals surface area contributed by atoms with Gasteiger partial charge in [0.05, 0.1) is 13.3 Å². The van der Waals surface area contributed by atoms with Crippen molar-refractivity contribution in [1.29, 1.82) is 0 Å². The zero-order valence-electron chi connectivity index (χ0n) is 6.94. The van der Waals surface area contributed by atoms with Crippen molar-refractivity contribution in [2.45, 2.75) is 32.6 Å². The van der Waals surface area contributed by atoms with E-state index in [1.165, 1.54) is 0 Å². The van der Waals surface area contributed by atoms with E-state index < -0.39 is 0 Å². The summed E-state index contributed by atoms with van der Waals surface area (Å²) in [4.78, 5) is 10.7. The Morgan fingerprint density at radius 3 is 2.64 bits per heavy atom. The topological polar surface area (TPSA) is 26.3 Å². The Hall–Kier alpha value is -0.600. The first kappa shape index (κ1) is 10.4. The smallest absolute Gasteiger partial charge is 0.305 e. The second-order valence-electron chi connectivity index (χ2n) is 2.30. The monoisotopic (exact) mass is 162 g/mol. The van der Waals surface area contributed by atoms with Gasteiger partial charge in [-0.05, 0) is 19.8 Å². The fourth-order valence-corrected chi connectivity index (χ4v) is 0.774. The van der Waals surface area contributed by atoms with Crippen molar-refractivity contribution in [1.82, 2.24) is 0 Å². The van der Waals surface area contributed by atoms with Gasteiger partial charge in [0.2, 0.25) is 0 Å². The minimum absolute atomic E-state index is 0.175. The summed E-state index contributed by atoms with van der Waals surface area (Å²) < 4.78 is 16.2. The number of unbranched alkanes of at least 4 members (excludes halogenated alkanes) is 2. The first-order chi connectivity index (χ1) is 5.31. The van der Waals surface area contributed by atoms with Crippen LogP contribution in [0, 0.1) is 0 Å². The Labute approximate surface area is 66.7 Å². The number of halogens is 1. The van der Waals surface area contributed by atoms with E-state index in [0.717, 1.165) is 12.8 Å². The first-order valence-electron chi connectivity index (χ1n) is 4.02. The highest BCUT2D eigenvalue weighted by Crippen LogP contribution is 2.01. The SMILES string of the molecule is CCOC(=O)CCCCCF. The van der Waals surface area contributed by atoms with Crippen LogP contribution < -0.4 is 0 Å². The van der Waals surface area contributed by atoms with E-state index in [4.69, 9.17) is 0 Å². The molecule has 0 aromatic rings. The van der Waals surface area contributed by atoms with Gasteiger partial charge in [-0.2, -0.15) is 0 Å². The van der Waals surface area contributed by atoms with Crippen LogP contribution in [0.25, 0.3) is 0 Å². The molecule has 0 N–H and O–H groups in total. The highest BCUT2D eigenvalue weighted by molar-refractivity contribution is 5.69. The van der Waals surface area contributed by atoms with E-state index in [1.54, 1.807) is 6.92 Å². The molecular formula is C8H15FO2. The minimum atomic E-state index is -0.289. The molecule has 0 bridgehead atoms. The molecule has 0 aliphatic rings. The number of hydrogen-bond donors (Lipinski definition) is 0. The maximum absolute atomic E-state index is 11.5. The van der Waals surface area contributed by atoms with Gasteiger partial charge in [-0.25, -0.2) is 0 Å². The maximum Gasteiger partial charge on any atom is 0.305 e. The van der Waals surface area contributed by atoms with Crippen LogP contribution in [0.15, 0.2) is 0 Å². The third-order valence-corrected chi connectivity index (χ3v) is 1.32. The van der Waals surface area contributed by atoms with Crippen LogP contribution in [-0.4, -0.2) is 19.3 Å². The Kier molecular flexibility index (Phi) is 7.10. The van der Waals surface area contributed by atoms with Crippen molar-refractivity contribution in [3.8, 4) is 0 Å². The molecule has 0 saturated carbocycles. The molecule has 0 aromatic carbocycles. The molecule has 0 radical (unpaired) electrons. The largest absolute Gasteiger partial charge is 0.466 e. The molecule has 0 saturated heterocycles. The lowest BCUT2D eigenvalue weighted by atomic mass is 10.2. The Balaban J connectivity index is 3.04. The van der Waals surface area contributed by atoms with Gasteiger partial charge < -0.3 is 4.74 Å². The third-order valence-electron chi connectivity index (χ3n) is 1.32. The standard InChI is InChI=1S/C8H15FO2/c1-2-11-8(10)6-4-3-5-7-9/h2-7H2,1H3. The fourth-order valence-electron chi connectivity index (χ4n) is 0.774. The molecule has 0 rings (SSSR count). The Morgan fingerprint density at radius 1 is 1.36 bits per heavy atom. The van der Waals surface area contributed by atoms with Crippen molar-refractivity contribution < 1.29 is 13.9 Å². The third kappa shape index (κ3) is 7.30. The summed E-state index contributed by atoms with van der Waals surface area (Å²) in [5.74, 6) is -0.175. The summed E-state index contributed by atoms with van der Waals surface area (Å²) in [5, 5.41) is 0. The van der Waals surface area contributed by atoms with Gasteiger partial charge in [0.25, 0.3) is 0 Å². The molecule has 11 heavy (non-hydrogen) atoms. The molecule has 0 aromatic heterocycles.